The molecule has 0 aromatic carbocycles. The molecule has 17 heavy (non-hydrogen) atoms. The average molecular weight is 239 g/mol. The summed E-state index contributed by atoms with van der Waals surface area (Å²) in [5.41, 5.74) is 6.98. The van der Waals surface area contributed by atoms with Gasteiger partial charge in [0.15, 0.2) is 0 Å². The molecular weight excluding hydrogens is 214 g/mol. The molecule has 1 rings (SSSR count). The van der Waals surface area contributed by atoms with Gasteiger partial charge in [0, 0.05) is 31.9 Å². The van der Waals surface area contributed by atoms with E-state index < -0.39 is 0 Å². The molecule has 0 bridgehead atoms. The van der Waals surface area contributed by atoms with Gasteiger partial charge in [0.1, 0.15) is 0 Å². The van der Waals surface area contributed by atoms with Crippen molar-refractivity contribution in [2.45, 2.75) is 45.7 Å². The molecule has 5 nitrogen and oxygen atoms in total. The molecule has 1 aromatic heterocycles. The van der Waals surface area contributed by atoms with Crippen LogP contribution in [0.15, 0.2) is 6.20 Å². The summed E-state index contributed by atoms with van der Waals surface area (Å²) in [5, 5.41) is 8.12. The summed E-state index contributed by atoms with van der Waals surface area (Å²) in [6.45, 7) is 9.13. The van der Waals surface area contributed by atoms with E-state index in [1.807, 2.05) is 13.2 Å². The summed E-state index contributed by atoms with van der Waals surface area (Å²) in [7, 11) is 1.89. The number of hydrogen-bond donors (Lipinski definition) is 1. The Hall–Kier alpha value is -0.940. The van der Waals surface area contributed by atoms with E-state index in [1.54, 1.807) is 4.68 Å². The van der Waals surface area contributed by atoms with Crippen molar-refractivity contribution >= 4 is 0 Å². The highest BCUT2D eigenvalue weighted by Crippen LogP contribution is 2.20. The summed E-state index contributed by atoms with van der Waals surface area (Å²) in [6, 6.07) is 0. The first-order valence-corrected chi connectivity index (χ1v) is 6.36. The SMILES string of the molecule is CCCN(Cc1cn(C)nn1)C(C)(CC)CN. The molecule has 0 fully saturated rings. The van der Waals surface area contributed by atoms with Crippen LogP contribution in [0.25, 0.3) is 0 Å². The average Bonchev–Trinajstić information content (AvgIpc) is 2.73. The summed E-state index contributed by atoms with van der Waals surface area (Å²) in [5.74, 6) is 0. The highest BCUT2D eigenvalue weighted by molar-refractivity contribution is 4.96. The van der Waals surface area contributed by atoms with Crippen molar-refractivity contribution in [3.05, 3.63) is 11.9 Å². The van der Waals surface area contributed by atoms with E-state index in [2.05, 4.69) is 36.0 Å². The van der Waals surface area contributed by atoms with E-state index in [-0.39, 0.29) is 5.54 Å². The lowest BCUT2D eigenvalue weighted by Crippen LogP contribution is -2.51. The van der Waals surface area contributed by atoms with Crippen LogP contribution in [-0.2, 0) is 13.6 Å². The van der Waals surface area contributed by atoms with Crippen LogP contribution in [-0.4, -0.2) is 38.5 Å². The second kappa shape index (κ2) is 6.12. The fourth-order valence-corrected chi connectivity index (χ4v) is 1.97. The molecule has 1 unspecified atom stereocenters. The van der Waals surface area contributed by atoms with E-state index in [0.717, 1.165) is 31.6 Å². The molecule has 0 aliphatic carbocycles. The van der Waals surface area contributed by atoms with E-state index in [9.17, 15) is 0 Å². The van der Waals surface area contributed by atoms with Crippen LogP contribution in [0.3, 0.4) is 0 Å². The Bertz CT molecular complexity index is 329. The van der Waals surface area contributed by atoms with Gasteiger partial charge < -0.3 is 5.73 Å². The zero-order chi connectivity index (χ0) is 12.9. The predicted molar refractivity (Wildman–Crippen MR) is 69.5 cm³/mol. The topological polar surface area (TPSA) is 60.0 Å². The maximum atomic E-state index is 5.92. The van der Waals surface area contributed by atoms with Gasteiger partial charge in [-0.3, -0.25) is 9.58 Å². The maximum Gasteiger partial charge on any atom is 0.0967 e. The Labute approximate surface area is 104 Å². The normalized spacial score (nSPS) is 15.2. The van der Waals surface area contributed by atoms with Crippen molar-refractivity contribution in [3.8, 4) is 0 Å². The van der Waals surface area contributed by atoms with Crippen molar-refractivity contribution in [1.82, 2.24) is 19.9 Å². The fourth-order valence-electron chi connectivity index (χ4n) is 1.97. The van der Waals surface area contributed by atoms with Gasteiger partial charge in [-0.25, -0.2) is 0 Å². The van der Waals surface area contributed by atoms with E-state index in [0.29, 0.717) is 6.54 Å². The van der Waals surface area contributed by atoms with E-state index in [1.165, 1.54) is 0 Å². The highest BCUT2D eigenvalue weighted by atomic mass is 15.4. The van der Waals surface area contributed by atoms with Gasteiger partial charge in [-0.2, -0.15) is 0 Å². The van der Waals surface area contributed by atoms with Gasteiger partial charge in [-0.05, 0) is 26.3 Å². The van der Waals surface area contributed by atoms with Crippen LogP contribution in [0.1, 0.15) is 39.3 Å². The standard InChI is InChI=1S/C12H25N5/c1-5-7-17(12(3,6-2)10-13)9-11-8-16(4)15-14-11/h8H,5-7,9-10,13H2,1-4H3. The molecule has 0 aliphatic rings. The van der Waals surface area contributed by atoms with Crippen molar-refractivity contribution in [2.75, 3.05) is 13.1 Å². The van der Waals surface area contributed by atoms with Gasteiger partial charge in [-0.1, -0.05) is 19.1 Å². The lowest BCUT2D eigenvalue weighted by atomic mass is 9.96. The molecule has 98 valence electrons. The quantitative estimate of drug-likeness (QED) is 0.775. The second-order valence-corrected chi connectivity index (χ2v) is 4.86. The number of aryl methyl sites for hydroxylation is 1. The molecular formula is C12H25N5. The Morgan fingerprint density at radius 2 is 2.18 bits per heavy atom. The molecule has 0 aliphatic heterocycles. The van der Waals surface area contributed by atoms with Crippen LogP contribution in [0, 0.1) is 0 Å². The third-order valence-corrected chi connectivity index (χ3v) is 3.46. The Balaban J connectivity index is 2.78. The van der Waals surface area contributed by atoms with Gasteiger partial charge in [0.2, 0.25) is 0 Å². The van der Waals surface area contributed by atoms with Gasteiger partial charge in [0.05, 0.1) is 5.69 Å². The van der Waals surface area contributed by atoms with Crippen LogP contribution in [0.4, 0.5) is 0 Å². The lowest BCUT2D eigenvalue weighted by Gasteiger charge is -2.39. The predicted octanol–water partition coefficient (Wildman–Crippen LogP) is 1.15. The fraction of sp³-hybridized carbons (Fsp3) is 0.833. The maximum absolute atomic E-state index is 5.92. The minimum Gasteiger partial charge on any atom is -0.329 e. The van der Waals surface area contributed by atoms with E-state index in [4.69, 9.17) is 5.73 Å². The highest BCUT2D eigenvalue weighted by Gasteiger charge is 2.28. The molecule has 0 saturated heterocycles. The molecule has 0 spiro atoms. The van der Waals surface area contributed by atoms with Crippen molar-refractivity contribution in [1.29, 1.82) is 0 Å². The molecule has 1 heterocycles. The first kappa shape index (κ1) is 14.1. The smallest absolute Gasteiger partial charge is 0.0967 e. The summed E-state index contributed by atoms with van der Waals surface area (Å²) >= 11 is 0. The number of aromatic nitrogens is 3. The largest absolute Gasteiger partial charge is 0.329 e. The minimum absolute atomic E-state index is 0.0491. The first-order chi connectivity index (χ1) is 8.05. The first-order valence-electron chi connectivity index (χ1n) is 6.36. The van der Waals surface area contributed by atoms with Gasteiger partial charge in [-0.15, -0.1) is 5.10 Å². The summed E-state index contributed by atoms with van der Waals surface area (Å²) in [4.78, 5) is 2.41. The van der Waals surface area contributed by atoms with E-state index >= 15 is 0 Å². The van der Waals surface area contributed by atoms with Crippen LogP contribution >= 0.6 is 0 Å². The molecule has 1 aromatic rings. The number of hydrogen-bond acceptors (Lipinski definition) is 4. The summed E-state index contributed by atoms with van der Waals surface area (Å²) in [6.07, 6.45) is 4.13. The van der Waals surface area contributed by atoms with Crippen molar-refractivity contribution in [2.24, 2.45) is 12.8 Å². The molecule has 1 atom stereocenters. The van der Waals surface area contributed by atoms with Crippen LogP contribution in [0.2, 0.25) is 0 Å². The minimum atomic E-state index is 0.0491. The van der Waals surface area contributed by atoms with Gasteiger partial charge >= 0.3 is 0 Å². The number of nitrogens with zero attached hydrogens (tertiary/aromatic N) is 4. The molecule has 2 N–H and O–H groups in total. The third-order valence-electron chi connectivity index (χ3n) is 3.46. The van der Waals surface area contributed by atoms with Crippen LogP contribution in [0.5, 0.6) is 0 Å². The second-order valence-electron chi connectivity index (χ2n) is 4.86. The molecule has 0 saturated carbocycles. The number of nitrogens with two attached hydrogens (primary N) is 1. The Morgan fingerprint density at radius 1 is 1.47 bits per heavy atom. The lowest BCUT2D eigenvalue weighted by molar-refractivity contribution is 0.0958. The zero-order valence-electron chi connectivity index (χ0n) is 11.5. The molecule has 0 amide bonds. The Kier molecular flexibility index (Phi) is 5.08. The zero-order valence-corrected chi connectivity index (χ0v) is 11.5. The van der Waals surface area contributed by atoms with Crippen molar-refractivity contribution in [3.63, 3.8) is 0 Å². The Morgan fingerprint density at radius 3 is 2.59 bits per heavy atom. The van der Waals surface area contributed by atoms with Crippen LogP contribution < -0.4 is 5.73 Å². The summed E-state index contributed by atoms with van der Waals surface area (Å²) < 4.78 is 1.74. The number of rotatable bonds is 7. The monoisotopic (exact) mass is 239 g/mol. The third kappa shape index (κ3) is 3.51. The van der Waals surface area contributed by atoms with Crippen molar-refractivity contribution < 1.29 is 0 Å². The van der Waals surface area contributed by atoms with Gasteiger partial charge in [0.25, 0.3) is 0 Å². The molecule has 0 radical (unpaired) electrons. The molecule has 5 heteroatoms.